The molecule has 3 N–H and O–H groups in total. The molecule has 1 unspecified atom stereocenters. The minimum atomic E-state index is -0.852. The highest BCUT2D eigenvalue weighted by molar-refractivity contribution is 5.99. The highest BCUT2D eigenvalue weighted by atomic mass is 16.6. The van der Waals surface area contributed by atoms with Crippen LogP contribution >= 0.6 is 0 Å². The molecular weight excluding hydrogens is 372 g/mol. The fourth-order valence-corrected chi connectivity index (χ4v) is 3.15. The highest BCUT2D eigenvalue weighted by Crippen LogP contribution is 2.27. The third-order valence-electron chi connectivity index (χ3n) is 4.91. The Labute approximate surface area is 174 Å². The van der Waals surface area contributed by atoms with E-state index in [-0.39, 0.29) is 12.2 Å². The summed E-state index contributed by atoms with van der Waals surface area (Å²) in [4.78, 5) is 23.7. The van der Waals surface area contributed by atoms with Gasteiger partial charge in [0.25, 0.3) is 0 Å². The molecule has 1 aliphatic carbocycles. The normalized spacial score (nSPS) is 16.0. The van der Waals surface area contributed by atoms with E-state index in [1.165, 1.54) is 0 Å². The van der Waals surface area contributed by atoms with Crippen LogP contribution in [0.2, 0.25) is 0 Å². The number of ketones is 1. The Bertz CT molecular complexity index is 586. The summed E-state index contributed by atoms with van der Waals surface area (Å²) in [5.74, 6) is -0.275. The molecule has 0 radical (unpaired) electrons. The molecule has 1 rings (SSSR count). The maximum Gasteiger partial charge on any atom is 0.306 e. The van der Waals surface area contributed by atoms with Crippen LogP contribution in [0.3, 0.4) is 0 Å². The van der Waals surface area contributed by atoms with Gasteiger partial charge in [0.05, 0.1) is 19.3 Å². The average molecular weight is 409 g/mol. The lowest BCUT2D eigenvalue weighted by Gasteiger charge is -2.11. The lowest BCUT2D eigenvalue weighted by atomic mass is 10.0. The summed E-state index contributed by atoms with van der Waals surface area (Å²) in [7, 11) is 0. The van der Waals surface area contributed by atoms with Crippen LogP contribution < -0.4 is 0 Å². The SMILES string of the molecule is CCCCCC(O)/C=C/C1=C(C/C=C/CCCC(=O)OC(CO)CO)C(=O)CC1. The van der Waals surface area contributed by atoms with E-state index in [0.29, 0.717) is 25.7 Å². The molecule has 0 aromatic rings. The third-order valence-corrected chi connectivity index (χ3v) is 4.91. The number of aliphatic hydroxyl groups excluding tert-OH is 3. The van der Waals surface area contributed by atoms with E-state index in [1.54, 1.807) is 6.08 Å². The first-order valence-electron chi connectivity index (χ1n) is 10.7. The van der Waals surface area contributed by atoms with Gasteiger partial charge in [-0.15, -0.1) is 0 Å². The van der Waals surface area contributed by atoms with Crippen molar-refractivity contribution in [3.8, 4) is 0 Å². The van der Waals surface area contributed by atoms with Crippen LogP contribution in [0.15, 0.2) is 35.5 Å². The van der Waals surface area contributed by atoms with Gasteiger partial charge in [-0.1, -0.05) is 50.5 Å². The molecule has 0 spiro atoms. The minimum Gasteiger partial charge on any atom is -0.457 e. The van der Waals surface area contributed by atoms with Crippen molar-refractivity contribution in [2.75, 3.05) is 13.2 Å². The van der Waals surface area contributed by atoms with Crippen molar-refractivity contribution in [2.24, 2.45) is 0 Å². The number of hydrogen-bond donors (Lipinski definition) is 3. The predicted molar refractivity (Wildman–Crippen MR) is 112 cm³/mol. The zero-order valence-electron chi connectivity index (χ0n) is 17.5. The maximum atomic E-state index is 12.1. The Morgan fingerprint density at radius 1 is 1.14 bits per heavy atom. The average Bonchev–Trinajstić information content (AvgIpc) is 3.06. The van der Waals surface area contributed by atoms with Crippen LogP contribution in [0.1, 0.15) is 71.1 Å². The summed E-state index contributed by atoms with van der Waals surface area (Å²) in [6.45, 7) is 1.35. The number of esters is 1. The molecular formula is C23H36O6. The number of rotatable bonds is 15. The number of allylic oxidation sites excluding steroid dienone is 5. The molecule has 1 aliphatic rings. The number of aliphatic hydroxyl groups is 3. The van der Waals surface area contributed by atoms with Gasteiger partial charge in [0.15, 0.2) is 5.78 Å². The molecule has 0 aliphatic heterocycles. The molecule has 0 fully saturated rings. The first-order valence-corrected chi connectivity index (χ1v) is 10.7. The first kappa shape index (κ1) is 25.3. The molecule has 0 saturated carbocycles. The van der Waals surface area contributed by atoms with Crippen LogP contribution in [0.5, 0.6) is 0 Å². The van der Waals surface area contributed by atoms with Crippen molar-refractivity contribution in [1.29, 1.82) is 0 Å². The Balaban J connectivity index is 2.40. The number of carbonyl (C=O) groups is 2. The fourth-order valence-electron chi connectivity index (χ4n) is 3.15. The van der Waals surface area contributed by atoms with Gasteiger partial charge < -0.3 is 20.1 Å². The quantitative estimate of drug-likeness (QED) is 0.218. The standard InChI is InChI=1S/C23H36O6/c1-2-3-6-9-19(26)14-12-18-13-15-22(27)21(18)10-7-4-5-8-11-23(28)29-20(16-24)17-25/h4,7,12,14,19-20,24-26H,2-3,5-6,8-11,13,15-17H2,1H3/b7-4+,14-12+. The Morgan fingerprint density at radius 2 is 1.90 bits per heavy atom. The Hall–Kier alpha value is -1.76. The lowest BCUT2D eigenvalue weighted by Crippen LogP contribution is -2.25. The number of carbonyl (C=O) groups excluding carboxylic acids is 2. The predicted octanol–water partition coefficient (Wildman–Crippen LogP) is 3.16. The van der Waals surface area contributed by atoms with Crippen LogP contribution in [-0.4, -0.2) is 52.5 Å². The number of hydrogen-bond acceptors (Lipinski definition) is 6. The van der Waals surface area contributed by atoms with E-state index < -0.39 is 31.4 Å². The van der Waals surface area contributed by atoms with E-state index in [2.05, 4.69) is 6.92 Å². The van der Waals surface area contributed by atoms with Crippen molar-refractivity contribution < 1.29 is 29.6 Å². The van der Waals surface area contributed by atoms with Crippen molar-refractivity contribution in [2.45, 2.75) is 83.3 Å². The van der Waals surface area contributed by atoms with E-state index in [0.717, 1.165) is 43.3 Å². The fraction of sp³-hybridized carbons (Fsp3) is 0.652. The van der Waals surface area contributed by atoms with Gasteiger partial charge in [-0.25, -0.2) is 0 Å². The van der Waals surface area contributed by atoms with Crippen LogP contribution in [0, 0.1) is 0 Å². The molecule has 0 aromatic heterocycles. The van der Waals surface area contributed by atoms with Gasteiger partial charge in [-0.2, -0.15) is 0 Å². The molecule has 1 atom stereocenters. The first-order chi connectivity index (χ1) is 14.0. The smallest absolute Gasteiger partial charge is 0.306 e. The summed E-state index contributed by atoms with van der Waals surface area (Å²) >= 11 is 0. The van der Waals surface area contributed by atoms with Gasteiger partial charge in [0, 0.05) is 18.4 Å². The molecule has 6 nitrogen and oxygen atoms in total. The zero-order valence-corrected chi connectivity index (χ0v) is 17.5. The molecule has 6 heteroatoms. The molecule has 0 saturated heterocycles. The monoisotopic (exact) mass is 408 g/mol. The van der Waals surface area contributed by atoms with Gasteiger partial charge in [-0.3, -0.25) is 9.59 Å². The maximum absolute atomic E-state index is 12.1. The van der Waals surface area contributed by atoms with E-state index in [1.807, 2.05) is 18.2 Å². The molecule has 0 aromatic carbocycles. The van der Waals surface area contributed by atoms with Crippen LogP contribution in [0.4, 0.5) is 0 Å². The summed E-state index contributed by atoms with van der Waals surface area (Å²) < 4.78 is 4.90. The van der Waals surface area contributed by atoms with Crippen molar-refractivity contribution >= 4 is 11.8 Å². The zero-order chi connectivity index (χ0) is 21.5. The second-order valence-electron chi connectivity index (χ2n) is 7.39. The largest absolute Gasteiger partial charge is 0.457 e. The minimum absolute atomic E-state index is 0.164. The highest BCUT2D eigenvalue weighted by Gasteiger charge is 2.20. The third kappa shape index (κ3) is 10.5. The summed E-state index contributed by atoms with van der Waals surface area (Å²) in [6, 6.07) is 0. The van der Waals surface area contributed by atoms with E-state index in [4.69, 9.17) is 14.9 Å². The van der Waals surface area contributed by atoms with Gasteiger partial charge >= 0.3 is 5.97 Å². The van der Waals surface area contributed by atoms with Crippen LogP contribution in [0.25, 0.3) is 0 Å². The number of Topliss-reactive ketones (excluding diaryl/α,β-unsaturated/α-hetero) is 1. The Morgan fingerprint density at radius 3 is 2.59 bits per heavy atom. The van der Waals surface area contributed by atoms with Gasteiger partial charge in [-0.05, 0) is 37.7 Å². The second-order valence-corrected chi connectivity index (χ2v) is 7.39. The topological polar surface area (TPSA) is 104 Å². The van der Waals surface area contributed by atoms with Gasteiger partial charge in [0.1, 0.15) is 6.10 Å². The summed E-state index contributed by atoms with van der Waals surface area (Å²) in [5.41, 5.74) is 1.82. The number of unbranched alkanes of at least 4 members (excludes halogenated alkanes) is 3. The Kier molecular flexibility index (Phi) is 13.2. The molecule has 164 valence electrons. The molecule has 0 heterocycles. The molecule has 0 bridgehead atoms. The van der Waals surface area contributed by atoms with Crippen LogP contribution in [-0.2, 0) is 14.3 Å². The summed E-state index contributed by atoms with van der Waals surface area (Å²) in [6.07, 6.45) is 13.6. The van der Waals surface area contributed by atoms with Gasteiger partial charge in [0.2, 0.25) is 0 Å². The van der Waals surface area contributed by atoms with Crippen molar-refractivity contribution in [3.05, 3.63) is 35.5 Å². The molecule has 0 amide bonds. The number of ether oxygens (including phenoxy) is 1. The second kappa shape index (κ2) is 15.1. The molecule has 29 heavy (non-hydrogen) atoms. The van der Waals surface area contributed by atoms with E-state index in [9.17, 15) is 14.7 Å². The summed E-state index contributed by atoms with van der Waals surface area (Å²) in [5, 5.41) is 27.8. The van der Waals surface area contributed by atoms with E-state index >= 15 is 0 Å². The van der Waals surface area contributed by atoms with Crippen molar-refractivity contribution in [3.63, 3.8) is 0 Å². The lowest BCUT2D eigenvalue weighted by molar-refractivity contribution is -0.153. The van der Waals surface area contributed by atoms with Crippen molar-refractivity contribution in [1.82, 2.24) is 0 Å².